The third-order valence-electron chi connectivity index (χ3n) is 6.04. The molecule has 1 fully saturated rings. The van der Waals surface area contributed by atoms with Crippen LogP contribution in [-0.4, -0.2) is 22.4 Å². The summed E-state index contributed by atoms with van der Waals surface area (Å²) >= 11 is 0. The molecule has 5 nitrogen and oxygen atoms in total. The van der Waals surface area contributed by atoms with Crippen LogP contribution in [0.5, 0.6) is 0 Å². The molecule has 1 aliphatic carbocycles. The lowest BCUT2D eigenvalue weighted by atomic mass is 9.63. The van der Waals surface area contributed by atoms with Crippen molar-refractivity contribution in [1.82, 2.24) is 4.98 Å². The van der Waals surface area contributed by atoms with E-state index in [2.05, 4.69) is 24.1 Å². The number of aromatic nitrogens is 1. The van der Waals surface area contributed by atoms with Crippen LogP contribution in [0.2, 0.25) is 0 Å². The number of carbonyl (C=O) groups is 2. The van der Waals surface area contributed by atoms with Crippen molar-refractivity contribution in [2.24, 2.45) is 16.3 Å². The summed E-state index contributed by atoms with van der Waals surface area (Å²) in [7, 11) is 0. The lowest BCUT2D eigenvalue weighted by Gasteiger charge is -2.41. The van der Waals surface area contributed by atoms with Gasteiger partial charge in [0.25, 0.3) is 5.91 Å². The number of amides is 1. The lowest BCUT2D eigenvalue weighted by Crippen LogP contribution is -2.44. The van der Waals surface area contributed by atoms with Crippen LogP contribution in [0.25, 0.3) is 0 Å². The highest BCUT2D eigenvalue weighted by molar-refractivity contribution is 6.14. The molecule has 1 aromatic carbocycles. The molecule has 0 saturated heterocycles. The molecule has 2 aromatic rings. The van der Waals surface area contributed by atoms with Crippen LogP contribution < -0.4 is 5.32 Å². The molecule has 5 heteroatoms. The minimum Gasteiger partial charge on any atom is -0.307 e. The van der Waals surface area contributed by atoms with E-state index >= 15 is 0 Å². The fourth-order valence-corrected chi connectivity index (χ4v) is 4.78. The summed E-state index contributed by atoms with van der Waals surface area (Å²) in [6.45, 7) is 8.11. The van der Waals surface area contributed by atoms with Crippen LogP contribution in [0.1, 0.15) is 50.7 Å². The average Bonchev–Trinajstić information content (AvgIpc) is 2.67. The summed E-state index contributed by atoms with van der Waals surface area (Å²) in [4.78, 5) is 35.7. The number of benzene rings is 1. The molecule has 1 aliphatic heterocycles. The van der Waals surface area contributed by atoms with Gasteiger partial charge in [0, 0.05) is 35.5 Å². The zero-order chi connectivity index (χ0) is 21.5. The van der Waals surface area contributed by atoms with E-state index in [-0.39, 0.29) is 23.0 Å². The van der Waals surface area contributed by atoms with Gasteiger partial charge in [-0.05, 0) is 48.9 Å². The summed E-state index contributed by atoms with van der Waals surface area (Å²) in [6, 6.07) is 13.4. The van der Waals surface area contributed by atoms with Crippen molar-refractivity contribution in [2.45, 2.75) is 46.5 Å². The van der Waals surface area contributed by atoms with Crippen molar-refractivity contribution in [3.63, 3.8) is 0 Å². The Kier molecular flexibility index (Phi) is 5.14. The maximum atomic E-state index is 13.4. The molecular weight excluding hydrogens is 374 g/mol. The quantitative estimate of drug-likeness (QED) is 0.799. The van der Waals surface area contributed by atoms with Crippen molar-refractivity contribution < 1.29 is 9.59 Å². The maximum absolute atomic E-state index is 13.4. The van der Waals surface area contributed by atoms with Gasteiger partial charge < -0.3 is 5.32 Å². The van der Waals surface area contributed by atoms with E-state index in [4.69, 9.17) is 4.99 Å². The van der Waals surface area contributed by atoms with Crippen molar-refractivity contribution in [3.05, 3.63) is 71.1 Å². The lowest BCUT2D eigenvalue weighted by molar-refractivity contribution is -0.124. The summed E-state index contributed by atoms with van der Waals surface area (Å²) in [5.41, 5.74) is 4.09. The second-order valence-corrected chi connectivity index (χ2v) is 9.07. The Morgan fingerprint density at radius 3 is 2.47 bits per heavy atom. The van der Waals surface area contributed by atoms with Gasteiger partial charge in [-0.2, -0.15) is 0 Å². The van der Waals surface area contributed by atoms with Gasteiger partial charge >= 0.3 is 0 Å². The Morgan fingerprint density at radius 2 is 1.77 bits per heavy atom. The zero-order valence-electron chi connectivity index (χ0n) is 17.9. The SMILES string of the molecule is CC1=C(C(=O)Nc2ccccn2)C(c2ccccc2C)C2C(=O)CC(C)(C)CC2=N1. The summed E-state index contributed by atoms with van der Waals surface area (Å²) in [5.74, 6) is -0.343. The molecule has 0 spiro atoms. The molecule has 1 saturated carbocycles. The largest absolute Gasteiger partial charge is 0.307 e. The number of ketones is 1. The molecule has 1 N–H and O–H groups in total. The molecule has 2 atom stereocenters. The molecule has 0 radical (unpaired) electrons. The van der Waals surface area contributed by atoms with Gasteiger partial charge in [-0.15, -0.1) is 0 Å². The molecule has 2 aliphatic rings. The molecule has 0 bridgehead atoms. The molecule has 2 heterocycles. The molecule has 30 heavy (non-hydrogen) atoms. The minimum absolute atomic E-state index is 0.114. The van der Waals surface area contributed by atoms with Crippen LogP contribution in [0, 0.1) is 18.3 Å². The Labute approximate surface area is 177 Å². The molecule has 1 aromatic heterocycles. The van der Waals surface area contributed by atoms with Gasteiger partial charge in [0.1, 0.15) is 11.6 Å². The van der Waals surface area contributed by atoms with Crippen molar-refractivity contribution in [3.8, 4) is 0 Å². The number of nitrogens with one attached hydrogen (secondary N) is 1. The van der Waals surface area contributed by atoms with E-state index in [1.807, 2.05) is 44.2 Å². The monoisotopic (exact) mass is 401 g/mol. The highest BCUT2D eigenvalue weighted by Gasteiger charge is 2.47. The second kappa shape index (κ2) is 7.63. The van der Waals surface area contributed by atoms with Gasteiger partial charge in [0.15, 0.2) is 0 Å². The van der Waals surface area contributed by atoms with Crippen molar-refractivity contribution in [2.75, 3.05) is 5.32 Å². The third-order valence-corrected chi connectivity index (χ3v) is 6.04. The van der Waals surface area contributed by atoms with E-state index in [1.165, 1.54) is 0 Å². The van der Waals surface area contributed by atoms with Gasteiger partial charge in [0.2, 0.25) is 0 Å². The van der Waals surface area contributed by atoms with Crippen LogP contribution in [0.3, 0.4) is 0 Å². The number of aryl methyl sites for hydroxylation is 1. The standard InChI is InChI=1S/C25H27N3O2/c1-15-9-5-6-10-17(15)22-21(24(30)28-20-11-7-8-12-26-20)16(2)27-18-13-25(3,4)14-19(29)23(18)22/h5-12,22-23H,13-14H2,1-4H3,(H,26,28,30). The first-order chi connectivity index (χ1) is 14.3. The highest BCUT2D eigenvalue weighted by Crippen LogP contribution is 2.47. The summed E-state index contributed by atoms with van der Waals surface area (Å²) in [6.07, 6.45) is 2.89. The maximum Gasteiger partial charge on any atom is 0.255 e. The van der Waals surface area contributed by atoms with Crippen LogP contribution >= 0.6 is 0 Å². The Bertz CT molecular complexity index is 1070. The van der Waals surface area contributed by atoms with Gasteiger partial charge in [-0.3, -0.25) is 14.6 Å². The number of nitrogens with zero attached hydrogens (tertiary/aromatic N) is 2. The number of rotatable bonds is 3. The number of pyridine rings is 1. The van der Waals surface area contributed by atoms with E-state index in [0.717, 1.165) is 23.3 Å². The number of Topliss-reactive ketones (excluding diaryl/α,β-unsaturated/α-hetero) is 1. The van der Waals surface area contributed by atoms with E-state index in [0.29, 0.717) is 23.5 Å². The summed E-state index contributed by atoms with van der Waals surface area (Å²) in [5, 5.41) is 2.90. The van der Waals surface area contributed by atoms with Gasteiger partial charge in [0.05, 0.1) is 5.92 Å². The number of fused-ring (bicyclic) bond motifs is 1. The predicted octanol–water partition coefficient (Wildman–Crippen LogP) is 4.85. The fourth-order valence-electron chi connectivity index (χ4n) is 4.78. The Hall–Kier alpha value is -3.08. The van der Waals surface area contributed by atoms with Crippen molar-refractivity contribution in [1.29, 1.82) is 0 Å². The first kappa shape index (κ1) is 20.2. The number of carbonyl (C=O) groups excluding carboxylic acids is 2. The zero-order valence-corrected chi connectivity index (χ0v) is 17.9. The fraction of sp³-hybridized carbons (Fsp3) is 0.360. The number of allylic oxidation sites excluding steroid dienone is 1. The van der Waals surface area contributed by atoms with E-state index in [1.54, 1.807) is 18.3 Å². The molecule has 4 rings (SSSR count). The summed E-state index contributed by atoms with van der Waals surface area (Å²) < 4.78 is 0. The predicted molar refractivity (Wildman–Crippen MR) is 118 cm³/mol. The van der Waals surface area contributed by atoms with E-state index in [9.17, 15) is 9.59 Å². The molecular formula is C25H27N3O2. The average molecular weight is 402 g/mol. The number of aliphatic imine (C=N–C) groups is 1. The molecule has 1 amide bonds. The third kappa shape index (κ3) is 3.72. The Balaban J connectivity index is 1.84. The highest BCUT2D eigenvalue weighted by atomic mass is 16.2. The first-order valence-corrected chi connectivity index (χ1v) is 10.4. The van der Waals surface area contributed by atoms with Gasteiger partial charge in [-0.25, -0.2) is 4.98 Å². The van der Waals surface area contributed by atoms with E-state index < -0.39 is 5.92 Å². The Morgan fingerprint density at radius 1 is 1.03 bits per heavy atom. The smallest absolute Gasteiger partial charge is 0.255 e. The topological polar surface area (TPSA) is 71.4 Å². The number of anilines is 1. The van der Waals surface area contributed by atoms with Crippen LogP contribution in [-0.2, 0) is 9.59 Å². The van der Waals surface area contributed by atoms with Crippen molar-refractivity contribution >= 4 is 23.2 Å². The van der Waals surface area contributed by atoms with Crippen LogP contribution in [0.15, 0.2) is 64.9 Å². The molecule has 2 unspecified atom stereocenters. The minimum atomic E-state index is -0.396. The first-order valence-electron chi connectivity index (χ1n) is 10.4. The second-order valence-electron chi connectivity index (χ2n) is 9.07. The van der Waals surface area contributed by atoms with Gasteiger partial charge in [-0.1, -0.05) is 44.2 Å². The van der Waals surface area contributed by atoms with Crippen LogP contribution in [0.4, 0.5) is 5.82 Å². The molecule has 154 valence electrons. The number of hydrogen-bond acceptors (Lipinski definition) is 4. The number of hydrogen-bond donors (Lipinski definition) is 1. The normalized spacial score (nSPS) is 22.9.